The summed E-state index contributed by atoms with van der Waals surface area (Å²) in [5.41, 5.74) is 0.928. The Balaban J connectivity index is 2.05. The fourth-order valence-corrected chi connectivity index (χ4v) is 4.70. The molecule has 1 N–H and O–H groups in total. The Hall–Kier alpha value is -3.45. The molecule has 0 spiro atoms. The van der Waals surface area contributed by atoms with E-state index in [4.69, 9.17) is 9.47 Å². The molecule has 3 unspecified atom stereocenters. The quantitative estimate of drug-likeness (QED) is 0.122. The maximum Gasteiger partial charge on any atom is 0.326 e. The van der Waals surface area contributed by atoms with Crippen LogP contribution in [-0.4, -0.2) is 69.1 Å². The summed E-state index contributed by atoms with van der Waals surface area (Å²) >= 11 is -1.54. The molecule has 1 heterocycles. The predicted molar refractivity (Wildman–Crippen MR) is 133 cm³/mol. The molecule has 202 valence electrons. The van der Waals surface area contributed by atoms with Gasteiger partial charge in [0.1, 0.15) is 30.4 Å². The van der Waals surface area contributed by atoms with Crippen LogP contribution in [0.5, 0.6) is 0 Å². The summed E-state index contributed by atoms with van der Waals surface area (Å²) in [6.45, 7) is 4.80. The fraction of sp³-hybridized carbons (Fsp3) is 0.500. The van der Waals surface area contributed by atoms with Gasteiger partial charge in [-0.2, -0.15) is 0 Å². The monoisotopic (exact) mass is 537 g/mol. The molecule has 1 aliphatic heterocycles. The number of carbonyl (C=O) groups excluding carboxylic acids is 4. The second-order valence-electron chi connectivity index (χ2n) is 8.29. The highest BCUT2D eigenvalue weighted by atomic mass is 32.2. The van der Waals surface area contributed by atoms with E-state index >= 15 is 0 Å². The lowest BCUT2D eigenvalue weighted by Crippen LogP contribution is -2.71. The summed E-state index contributed by atoms with van der Waals surface area (Å²) in [7, 11) is 0. The molecule has 2 rings (SSSR count). The summed E-state index contributed by atoms with van der Waals surface area (Å²) < 4.78 is 22.5. The number of nitrogens with one attached hydrogen (secondary N) is 1. The van der Waals surface area contributed by atoms with E-state index in [0.717, 1.165) is 0 Å². The molecule has 0 aromatic heterocycles. The third kappa shape index (κ3) is 8.86. The Kier molecular flexibility index (Phi) is 11.5. The zero-order valence-corrected chi connectivity index (χ0v) is 21.8. The average molecular weight is 538 g/mol. The van der Waals surface area contributed by atoms with Crippen molar-refractivity contribution in [1.82, 2.24) is 10.2 Å². The van der Waals surface area contributed by atoms with E-state index < -0.39 is 52.6 Å². The first-order valence-corrected chi connectivity index (χ1v) is 13.1. The maximum absolute atomic E-state index is 12.8. The van der Waals surface area contributed by atoms with Crippen molar-refractivity contribution < 1.29 is 38.1 Å². The highest BCUT2D eigenvalue weighted by molar-refractivity contribution is 7.94. The topological polar surface area (TPSA) is 168 Å². The number of hydrogen-bond donors (Lipinski definition) is 1. The molecule has 3 atom stereocenters. The molecule has 0 aliphatic carbocycles. The molecule has 0 radical (unpaired) electrons. The molecule has 1 aromatic carbocycles. The molecule has 1 aliphatic rings. The molecule has 1 aromatic rings. The minimum Gasteiger partial charge on any atom is -0.612 e. The number of benzene rings is 1. The number of nitro benzene ring substituents is 1. The molecule has 0 bridgehead atoms. The first-order valence-electron chi connectivity index (χ1n) is 11.8. The molecule has 0 saturated carbocycles. The summed E-state index contributed by atoms with van der Waals surface area (Å²) in [5, 5.41) is 14.8. The van der Waals surface area contributed by atoms with Crippen LogP contribution in [0.4, 0.5) is 5.69 Å². The Labute approximate surface area is 217 Å². The minimum atomic E-state index is -1.54. The molecule has 37 heavy (non-hydrogen) atoms. The number of nitrogens with zero attached hydrogens (tertiary/aromatic N) is 2. The number of rotatable bonds is 14. The van der Waals surface area contributed by atoms with Crippen molar-refractivity contribution in [3.63, 3.8) is 0 Å². The van der Waals surface area contributed by atoms with Gasteiger partial charge in [-0.05, 0) is 54.7 Å². The van der Waals surface area contributed by atoms with Crippen molar-refractivity contribution in [2.24, 2.45) is 0 Å². The van der Waals surface area contributed by atoms with Crippen LogP contribution >= 0.6 is 0 Å². The first kappa shape index (κ1) is 29.8. The second-order valence-corrected chi connectivity index (χ2v) is 9.70. The lowest BCUT2D eigenvalue weighted by Gasteiger charge is -2.47. The summed E-state index contributed by atoms with van der Waals surface area (Å²) in [5.74, 6) is -1.95. The van der Waals surface area contributed by atoms with Crippen LogP contribution in [0.1, 0.15) is 45.6 Å². The normalized spacial score (nSPS) is 18.0. The summed E-state index contributed by atoms with van der Waals surface area (Å²) in [6, 6.07) is 3.86. The first-order chi connectivity index (χ1) is 17.6. The van der Waals surface area contributed by atoms with Crippen LogP contribution in [0.15, 0.2) is 35.2 Å². The lowest BCUT2D eigenvalue weighted by molar-refractivity contribution is -0.384. The number of esters is 2. The fourth-order valence-electron chi connectivity index (χ4n) is 3.66. The van der Waals surface area contributed by atoms with Crippen LogP contribution in [0, 0.1) is 10.1 Å². The van der Waals surface area contributed by atoms with Crippen LogP contribution in [0.25, 0.3) is 0 Å². The SMILES string of the molecule is CCCC(=O)NC1C(=O)N(CC(=O)OCc2ccc([N+](=O)[O-])cc2)C1C(C)=C[S+]([O-])CCC(=O)OCC. The Morgan fingerprint density at radius 3 is 2.41 bits per heavy atom. The average Bonchev–Trinajstić information content (AvgIpc) is 2.85. The minimum absolute atomic E-state index is 0.0287. The predicted octanol–water partition coefficient (Wildman–Crippen LogP) is 1.74. The van der Waals surface area contributed by atoms with Crippen molar-refractivity contribution in [3.8, 4) is 0 Å². The van der Waals surface area contributed by atoms with Gasteiger partial charge in [-0.1, -0.05) is 6.92 Å². The van der Waals surface area contributed by atoms with E-state index in [1.54, 1.807) is 13.8 Å². The van der Waals surface area contributed by atoms with Crippen molar-refractivity contribution in [3.05, 3.63) is 50.9 Å². The van der Waals surface area contributed by atoms with Crippen molar-refractivity contribution in [1.29, 1.82) is 0 Å². The van der Waals surface area contributed by atoms with Crippen molar-refractivity contribution in [2.45, 2.75) is 58.7 Å². The zero-order chi connectivity index (χ0) is 27.5. The number of amides is 2. The van der Waals surface area contributed by atoms with Gasteiger partial charge in [0.25, 0.3) is 5.69 Å². The van der Waals surface area contributed by atoms with E-state index in [1.165, 1.54) is 34.6 Å². The maximum atomic E-state index is 12.8. The number of ether oxygens (including phenoxy) is 2. The molecule has 12 nitrogen and oxygen atoms in total. The summed E-state index contributed by atoms with van der Waals surface area (Å²) in [4.78, 5) is 60.3. The van der Waals surface area contributed by atoms with Gasteiger partial charge < -0.3 is 24.2 Å². The Morgan fingerprint density at radius 1 is 1.14 bits per heavy atom. The van der Waals surface area contributed by atoms with Gasteiger partial charge in [0, 0.05) is 18.6 Å². The highest BCUT2D eigenvalue weighted by Gasteiger charge is 2.50. The van der Waals surface area contributed by atoms with E-state index in [2.05, 4.69) is 5.32 Å². The number of non-ortho nitro benzene ring substituents is 1. The largest absolute Gasteiger partial charge is 0.612 e. The van der Waals surface area contributed by atoms with Gasteiger partial charge in [-0.3, -0.25) is 29.3 Å². The van der Waals surface area contributed by atoms with Crippen LogP contribution < -0.4 is 5.32 Å². The van der Waals surface area contributed by atoms with E-state index in [0.29, 0.717) is 17.6 Å². The van der Waals surface area contributed by atoms with E-state index in [-0.39, 0.29) is 43.4 Å². The molecule has 1 fully saturated rings. The Morgan fingerprint density at radius 2 is 1.81 bits per heavy atom. The third-order valence-electron chi connectivity index (χ3n) is 5.44. The number of β-lactam (4-membered cyclic amide) rings is 1. The summed E-state index contributed by atoms with van der Waals surface area (Å²) in [6.07, 6.45) is 0.772. The second kappa shape index (κ2) is 14.3. The van der Waals surface area contributed by atoms with Crippen molar-refractivity contribution >= 4 is 40.6 Å². The molecular weight excluding hydrogens is 506 g/mol. The van der Waals surface area contributed by atoms with E-state index in [9.17, 15) is 33.8 Å². The van der Waals surface area contributed by atoms with Crippen LogP contribution in [0.3, 0.4) is 0 Å². The number of carbonyl (C=O) groups is 4. The molecular formula is C24H31N3O9S. The smallest absolute Gasteiger partial charge is 0.326 e. The van der Waals surface area contributed by atoms with Gasteiger partial charge in [-0.15, -0.1) is 0 Å². The number of nitro groups is 1. The van der Waals surface area contributed by atoms with Gasteiger partial charge in [0.2, 0.25) is 11.8 Å². The van der Waals surface area contributed by atoms with Crippen molar-refractivity contribution in [2.75, 3.05) is 18.9 Å². The third-order valence-corrected chi connectivity index (χ3v) is 6.68. The molecule has 2 amide bonds. The number of hydrogen-bond acceptors (Lipinski definition) is 9. The zero-order valence-electron chi connectivity index (χ0n) is 21.0. The van der Waals surface area contributed by atoms with Gasteiger partial charge in [-0.25, -0.2) is 0 Å². The van der Waals surface area contributed by atoms with Gasteiger partial charge in [0.15, 0.2) is 0 Å². The van der Waals surface area contributed by atoms with E-state index in [1.807, 2.05) is 6.92 Å². The standard InChI is InChI=1S/C24H31N3O9S/c1-4-6-19(28)25-22-23(16(3)15-37(34)12-11-20(29)35-5-2)26(24(22)31)13-21(30)36-14-17-7-9-18(10-8-17)27(32)33/h7-10,15,22-23H,4-6,11-14H2,1-3H3,(H,25,28). The molecule has 1 saturated heterocycles. The van der Waals surface area contributed by atoms with Gasteiger partial charge >= 0.3 is 11.9 Å². The molecule has 13 heteroatoms. The lowest BCUT2D eigenvalue weighted by atomic mass is 9.89. The van der Waals surface area contributed by atoms with Crippen LogP contribution in [-0.2, 0) is 46.4 Å². The van der Waals surface area contributed by atoms with Crippen LogP contribution in [0.2, 0.25) is 0 Å². The highest BCUT2D eigenvalue weighted by Crippen LogP contribution is 2.28. The van der Waals surface area contributed by atoms with Gasteiger partial charge in [0.05, 0.1) is 24.0 Å². The Bertz CT molecular complexity index is 1030. The number of likely N-dealkylation sites (tertiary alicyclic amines) is 1.